The summed E-state index contributed by atoms with van der Waals surface area (Å²) in [5, 5.41) is 7.42. The van der Waals surface area contributed by atoms with Crippen LogP contribution >= 0.6 is 0 Å². The maximum absolute atomic E-state index is 5.33. The van der Waals surface area contributed by atoms with Crippen molar-refractivity contribution in [3.63, 3.8) is 0 Å². The second kappa shape index (κ2) is 4.90. The van der Waals surface area contributed by atoms with Gasteiger partial charge >= 0.3 is 0 Å². The zero-order valence-electron chi connectivity index (χ0n) is 10.5. The summed E-state index contributed by atoms with van der Waals surface area (Å²) >= 11 is 0. The van der Waals surface area contributed by atoms with E-state index in [2.05, 4.69) is 46.6 Å². The van der Waals surface area contributed by atoms with Gasteiger partial charge in [0.05, 0.1) is 6.04 Å². The number of aromatic nitrogens is 2. The van der Waals surface area contributed by atoms with Crippen LogP contribution in [-0.4, -0.2) is 16.7 Å². The number of aryl methyl sites for hydroxylation is 1. The molecule has 0 aliphatic carbocycles. The highest BCUT2D eigenvalue weighted by Crippen LogP contribution is 2.21. The molecule has 4 heteroatoms. The number of nitrogens with one attached hydrogen (secondary N) is 1. The van der Waals surface area contributed by atoms with E-state index in [0.29, 0.717) is 0 Å². The standard InChI is InChI=1S/C14H17N3O/c1-10-4-2-5-11(8-10)9-13-16-14(18-17-13)12-6-3-7-15-12/h2,4-5,8,12,15H,3,6-7,9H2,1H3/t12-/m0/s1. The predicted octanol–water partition coefficient (Wildman–Crippen LogP) is 2.39. The van der Waals surface area contributed by atoms with E-state index in [4.69, 9.17) is 4.52 Å². The minimum Gasteiger partial charge on any atom is -0.338 e. The number of rotatable bonds is 3. The van der Waals surface area contributed by atoms with Crippen LogP contribution in [-0.2, 0) is 6.42 Å². The summed E-state index contributed by atoms with van der Waals surface area (Å²) < 4.78 is 5.33. The lowest BCUT2D eigenvalue weighted by molar-refractivity contribution is 0.341. The van der Waals surface area contributed by atoms with Crippen molar-refractivity contribution in [2.24, 2.45) is 0 Å². The molecule has 1 fully saturated rings. The first-order chi connectivity index (χ1) is 8.81. The molecule has 3 rings (SSSR count). The fourth-order valence-electron chi connectivity index (χ4n) is 2.38. The van der Waals surface area contributed by atoms with Gasteiger partial charge in [0.15, 0.2) is 5.82 Å². The van der Waals surface area contributed by atoms with E-state index < -0.39 is 0 Å². The zero-order valence-corrected chi connectivity index (χ0v) is 10.5. The Labute approximate surface area is 106 Å². The topological polar surface area (TPSA) is 51.0 Å². The summed E-state index contributed by atoms with van der Waals surface area (Å²) in [5.74, 6) is 1.50. The van der Waals surface area contributed by atoms with Crippen molar-refractivity contribution < 1.29 is 4.52 Å². The van der Waals surface area contributed by atoms with Crippen molar-refractivity contribution in [2.45, 2.75) is 32.2 Å². The van der Waals surface area contributed by atoms with Crippen LogP contribution in [0.1, 0.15) is 41.7 Å². The van der Waals surface area contributed by atoms with Crippen LogP contribution in [0.4, 0.5) is 0 Å². The van der Waals surface area contributed by atoms with Crippen molar-refractivity contribution in [1.82, 2.24) is 15.5 Å². The Balaban J connectivity index is 1.73. The average Bonchev–Trinajstić information content (AvgIpc) is 2.98. The van der Waals surface area contributed by atoms with E-state index in [1.165, 1.54) is 17.5 Å². The average molecular weight is 243 g/mol. The smallest absolute Gasteiger partial charge is 0.243 e. The van der Waals surface area contributed by atoms with Crippen LogP contribution in [0.3, 0.4) is 0 Å². The highest BCUT2D eigenvalue weighted by molar-refractivity contribution is 5.24. The third-order valence-corrected chi connectivity index (χ3v) is 3.29. The lowest BCUT2D eigenvalue weighted by Gasteiger charge is -2.01. The normalized spacial score (nSPS) is 19.3. The molecule has 0 amide bonds. The van der Waals surface area contributed by atoms with Gasteiger partial charge in [0.25, 0.3) is 0 Å². The monoisotopic (exact) mass is 243 g/mol. The summed E-state index contributed by atoms with van der Waals surface area (Å²) in [7, 11) is 0. The van der Waals surface area contributed by atoms with E-state index in [9.17, 15) is 0 Å². The lowest BCUT2D eigenvalue weighted by Crippen LogP contribution is -2.13. The maximum atomic E-state index is 5.33. The van der Waals surface area contributed by atoms with Gasteiger partial charge in [-0.15, -0.1) is 0 Å². The van der Waals surface area contributed by atoms with Crippen molar-refractivity contribution in [3.05, 3.63) is 47.1 Å². The second-order valence-corrected chi connectivity index (χ2v) is 4.86. The molecule has 1 aliphatic heterocycles. The molecule has 1 aromatic carbocycles. The van der Waals surface area contributed by atoms with E-state index in [1.807, 2.05) is 0 Å². The van der Waals surface area contributed by atoms with Crippen LogP contribution in [0.15, 0.2) is 28.8 Å². The van der Waals surface area contributed by atoms with Gasteiger partial charge in [-0.05, 0) is 31.9 Å². The van der Waals surface area contributed by atoms with E-state index in [-0.39, 0.29) is 6.04 Å². The Morgan fingerprint density at radius 3 is 3.17 bits per heavy atom. The van der Waals surface area contributed by atoms with Crippen molar-refractivity contribution in [3.8, 4) is 0 Å². The molecule has 2 aromatic rings. The van der Waals surface area contributed by atoms with Gasteiger partial charge in [-0.1, -0.05) is 35.0 Å². The van der Waals surface area contributed by atoms with Gasteiger partial charge in [-0.2, -0.15) is 4.98 Å². The molecular formula is C14H17N3O. The molecule has 2 heterocycles. The zero-order chi connectivity index (χ0) is 12.4. The minimum absolute atomic E-state index is 0.253. The van der Waals surface area contributed by atoms with Gasteiger partial charge in [-0.25, -0.2) is 0 Å². The molecule has 0 unspecified atom stereocenters. The molecular weight excluding hydrogens is 226 g/mol. The van der Waals surface area contributed by atoms with Crippen LogP contribution in [0, 0.1) is 6.92 Å². The molecule has 1 aromatic heterocycles. The van der Waals surface area contributed by atoms with E-state index in [1.54, 1.807) is 0 Å². The third-order valence-electron chi connectivity index (χ3n) is 3.29. The molecule has 18 heavy (non-hydrogen) atoms. The maximum Gasteiger partial charge on any atom is 0.243 e. The highest BCUT2D eigenvalue weighted by atomic mass is 16.5. The van der Waals surface area contributed by atoms with E-state index >= 15 is 0 Å². The van der Waals surface area contributed by atoms with E-state index in [0.717, 1.165) is 31.1 Å². The number of hydrogen-bond donors (Lipinski definition) is 1. The first-order valence-electron chi connectivity index (χ1n) is 6.43. The second-order valence-electron chi connectivity index (χ2n) is 4.86. The Bertz CT molecular complexity index is 529. The van der Waals surface area contributed by atoms with Gasteiger partial charge in [0.2, 0.25) is 5.89 Å². The van der Waals surface area contributed by atoms with Gasteiger partial charge in [-0.3, -0.25) is 0 Å². The van der Waals surface area contributed by atoms with Crippen LogP contribution in [0.2, 0.25) is 0 Å². The van der Waals surface area contributed by atoms with Gasteiger partial charge in [0, 0.05) is 6.42 Å². The summed E-state index contributed by atoms with van der Waals surface area (Å²) in [6, 6.07) is 8.65. The number of benzene rings is 1. The summed E-state index contributed by atoms with van der Waals surface area (Å²) in [4.78, 5) is 4.48. The van der Waals surface area contributed by atoms with Crippen molar-refractivity contribution >= 4 is 0 Å². The Morgan fingerprint density at radius 1 is 1.44 bits per heavy atom. The lowest BCUT2D eigenvalue weighted by atomic mass is 10.1. The minimum atomic E-state index is 0.253. The summed E-state index contributed by atoms with van der Waals surface area (Å²) in [6.45, 7) is 3.13. The molecule has 0 spiro atoms. The third kappa shape index (κ3) is 2.43. The Morgan fingerprint density at radius 2 is 2.39 bits per heavy atom. The predicted molar refractivity (Wildman–Crippen MR) is 68.3 cm³/mol. The molecule has 1 N–H and O–H groups in total. The summed E-state index contributed by atoms with van der Waals surface area (Å²) in [5.41, 5.74) is 2.48. The van der Waals surface area contributed by atoms with Gasteiger partial charge < -0.3 is 9.84 Å². The molecule has 0 radical (unpaired) electrons. The molecule has 0 saturated carbocycles. The fraction of sp³-hybridized carbons (Fsp3) is 0.429. The Hall–Kier alpha value is -1.68. The molecule has 0 bridgehead atoms. The first kappa shape index (κ1) is 11.4. The van der Waals surface area contributed by atoms with Crippen molar-refractivity contribution in [1.29, 1.82) is 0 Å². The highest BCUT2D eigenvalue weighted by Gasteiger charge is 2.22. The molecule has 94 valence electrons. The fourth-order valence-corrected chi connectivity index (χ4v) is 2.38. The largest absolute Gasteiger partial charge is 0.338 e. The van der Waals surface area contributed by atoms with Crippen LogP contribution in [0.5, 0.6) is 0 Å². The van der Waals surface area contributed by atoms with Gasteiger partial charge in [0.1, 0.15) is 0 Å². The number of nitrogens with zero attached hydrogens (tertiary/aromatic N) is 2. The van der Waals surface area contributed by atoms with Crippen LogP contribution < -0.4 is 5.32 Å². The quantitative estimate of drug-likeness (QED) is 0.899. The number of hydrogen-bond acceptors (Lipinski definition) is 4. The molecule has 4 nitrogen and oxygen atoms in total. The van der Waals surface area contributed by atoms with Crippen LogP contribution in [0.25, 0.3) is 0 Å². The van der Waals surface area contributed by atoms with Crippen molar-refractivity contribution in [2.75, 3.05) is 6.54 Å². The molecule has 1 saturated heterocycles. The first-order valence-corrected chi connectivity index (χ1v) is 6.43. The molecule has 1 atom stereocenters. The Kier molecular flexibility index (Phi) is 3.11. The SMILES string of the molecule is Cc1cccc(Cc2noc([C@@H]3CCCN3)n2)c1. The summed E-state index contributed by atoms with van der Waals surface area (Å²) in [6.07, 6.45) is 3.00. The molecule has 1 aliphatic rings.